The lowest BCUT2D eigenvalue weighted by Crippen LogP contribution is -2.42. The molecule has 0 aliphatic carbocycles. The van der Waals surface area contributed by atoms with Crippen LogP contribution >= 0.6 is 0 Å². The zero-order valence-electron chi connectivity index (χ0n) is 16.2. The number of rotatable bonds is 4. The van der Waals surface area contributed by atoms with E-state index in [-0.39, 0.29) is 6.10 Å². The average molecular weight is 376 g/mol. The monoisotopic (exact) mass is 376 g/mol. The van der Waals surface area contributed by atoms with E-state index in [4.69, 9.17) is 9.84 Å². The maximum absolute atomic E-state index is 5.80. The Morgan fingerprint density at radius 2 is 2.14 bits per heavy atom. The van der Waals surface area contributed by atoms with E-state index in [1.807, 2.05) is 16.8 Å². The van der Waals surface area contributed by atoms with E-state index < -0.39 is 0 Å². The molecule has 0 amide bonds. The van der Waals surface area contributed by atoms with Crippen molar-refractivity contribution in [3.8, 4) is 11.3 Å². The number of aromatic nitrogens is 5. The predicted octanol–water partition coefficient (Wildman–Crippen LogP) is 3.45. The Morgan fingerprint density at radius 3 is 3.00 bits per heavy atom. The summed E-state index contributed by atoms with van der Waals surface area (Å²) in [7, 11) is 0. The van der Waals surface area contributed by atoms with Crippen LogP contribution in [0.2, 0.25) is 0 Å². The molecule has 1 aliphatic rings. The van der Waals surface area contributed by atoms with Crippen molar-refractivity contribution in [3.05, 3.63) is 42.2 Å². The Hall–Kier alpha value is -2.93. The van der Waals surface area contributed by atoms with Crippen LogP contribution in [0.3, 0.4) is 0 Å². The highest BCUT2D eigenvalue weighted by molar-refractivity contribution is 5.86. The van der Waals surface area contributed by atoms with E-state index in [2.05, 4.69) is 58.2 Å². The molecular formula is C21H24N6O. The molecule has 0 bridgehead atoms. The Labute approximate surface area is 163 Å². The van der Waals surface area contributed by atoms with Gasteiger partial charge in [0.05, 0.1) is 30.1 Å². The molecule has 1 saturated heterocycles. The first-order chi connectivity index (χ1) is 13.8. The van der Waals surface area contributed by atoms with Gasteiger partial charge < -0.3 is 9.64 Å². The van der Waals surface area contributed by atoms with Crippen molar-refractivity contribution in [2.45, 2.75) is 32.8 Å². The van der Waals surface area contributed by atoms with Crippen LogP contribution in [0.5, 0.6) is 0 Å². The van der Waals surface area contributed by atoms with Gasteiger partial charge in [-0.3, -0.25) is 5.10 Å². The van der Waals surface area contributed by atoms with Gasteiger partial charge in [0.15, 0.2) is 5.65 Å². The minimum absolute atomic E-state index is 0.268. The molecule has 0 saturated carbocycles. The number of fused-ring (bicyclic) bond motifs is 2. The van der Waals surface area contributed by atoms with E-state index in [1.165, 1.54) is 0 Å². The first-order valence-electron chi connectivity index (χ1n) is 9.95. The number of imidazole rings is 1. The number of ether oxygens (including phenoxy) is 1. The molecule has 1 N–H and O–H groups in total. The van der Waals surface area contributed by atoms with Gasteiger partial charge in [-0.05, 0) is 37.1 Å². The highest BCUT2D eigenvalue weighted by Crippen LogP contribution is 2.27. The molecule has 7 heteroatoms. The zero-order chi connectivity index (χ0) is 19.1. The van der Waals surface area contributed by atoms with Crippen molar-refractivity contribution in [2.75, 3.05) is 24.6 Å². The topological polar surface area (TPSA) is 71.3 Å². The summed E-state index contributed by atoms with van der Waals surface area (Å²) in [6, 6.07) is 10.4. The fraction of sp³-hybridized carbons (Fsp3) is 0.381. The van der Waals surface area contributed by atoms with Crippen LogP contribution in [-0.4, -0.2) is 50.6 Å². The van der Waals surface area contributed by atoms with Crippen LogP contribution in [0.1, 0.15) is 26.0 Å². The van der Waals surface area contributed by atoms with Gasteiger partial charge in [0, 0.05) is 29.7 Å². The molecule has 1 fully saturated rings. The largest absolute Gasteiger partial charge is 0.375 e. The van der Waals surface area contributed by atoms with Crippen LogP contribution in [0, 0.1) is 0 Å². The van der Waals surface area contributed by atoms with Gasteiger partial charge in [-0.2, -0.15) is 5.10 Å². The minimum Gasteiger partial charge on any atom is -0.375 e. The molecule has 7 nitrogen and oxygen atoms in total. The van der Waals surface area contributed by atoms with E-state index in [0.717, 1.165) is 71.9 Å². The summed E-state index contributed by atoms with van der Waals surface area (Å²) in [5.41, 5.74) is 5.07. The molecule has 1 atom stereocenters. The Kier molecular flexibility index (Phi) is 4.24. The van der Waals surface area contributed by atoms with Gasteiger partial charge in [0.2, 0.25) is 0 Å². The predicted molar refractivity (Wildman–Crippen MR) is 110 cm³/mol. The lowest BCUT2D eigenvalue weighted by molar-refractivity contribution is 0.0381. The Morgan fingerprint density at radius 1 is 1.21 bits per heavy atom. The SMILES string of the molecule is CCc1[nH]nc2ccc(-c3cnc4ccc(N5CCOC(CC)C5)nn34)cc12. The number of H-pyrrole nitrogens is 1. The third-order valence-electron chi connectivity index (χ3n) is 5.55. The lowest BCUT2D eigenvalue weighted by atomic mass is 10.1. The van der Waals surface area contributed by atoms with E-state index in [0.29, 0.717) is 0 Å². The summed E-state index contributed by atoms with van der Waals surface area (Å²) in [6.45, 7) is 6.77. The van der Waals surface area contributed by atoms with Crippen molar-refractivity contribution in [1.29, 1.82) is 0 Å². The highest BCUT2D eigenvalue weighted by atomic mass is 16.5. The number of nitrogens with zero attached hydrogens (tertiary/aromatic N) is 5. The molecule has 3 aromatic heterocycles. The van der Waals surface area contributed by atoms with Crippen LogP contribution in [0.25, 0.3) is 27.8 Å². The number of nitrogens with one attached hydrogen (secondary N) is 1. The summed E-state index contributed by atoms with van der Waals surface area (Å²) in [5.74, 6) is 0.965. The average Bonchev–Trinajstić information content (AvgIpc) is 3.36. The summed E-state index contributed by atoms with van der Waals surface area (Å²) >= 11 is 0. The normalized spacial score (nSPS) is 17.6. The van der Waals surface area contributed by atoms with Crippen molar-refractivity contribution in [2.24, 2.45) is 0 Å². The molecule has 4 heterocycles. The zero-order valence-corrected chi connectivity index (χ0v) is 16.2. The number of morpholine rings is 1. The second-order valence-electron chi connectivity index (χ2n) is 7.24. The molecular weight excluding hydrogens is 352 g/mol. The fourth-order valence-electron chi connectivity index (χ4n) is 3.90. The highest BCUT2D eigenvalue weighted by Gasteiger charge is 2.21. The number of aromatic amines is 1. The van der Waals surface area contributed by atoms with Crippen molar-refractivity contribution < 1.29 is 4.74 Å². The molecule has 4 aromatic rings. The molecule has 1 unspecified atom stereocenters. The van der Waals surface area contributed by atoms with Crippen LogP contribution in [-0.2, 0) is 11.2 Å². The van der Waals surface area contributed by atoms with Crippen molar-refractivity contribution in [3.63, 3.8) is 0 Å². The molecule has 1 aromatic carbocycles. The van der Waals surface area contributed by atoms with Crippen LogP contribution in [0.4, 0.5) is 5.82 Å². The summed E-state index contributed by atoms with van der Waals surface area (Å²) in [6.07, 6.45) is 4.10. The first-order valence-corrected chi connectivity index (χ1v) is 9.95. The second kappa shape index (κ2) is 6.91. The quantitative estimate of drug-likeness (QED) is 0.591. The van der Waals surface area contributed by atoms with E-state index in [9.17, 15) is 0 Å². The molecule has 0 radical (unpaired) electrons. The van der Waals surface area contributed by atoms with E-state index >= 15 is 0 Å². The fourth-order valence-corrected chi connectivity index (χ4v) is 3.90. The first kappa shape index (κ1) is 17.2. The third kappa shape index (κ3) is 2.82. The van der Waals surface area contributed by atoms with Gasteiger partial charge in [0.25, 0.3) is 0 Å². The Bertz CT molecular complexity index is 1130. The third-order valence-corrected chi connectivity index (χ3v) is 5.55. The number of anilines is 1. The number of benzene rings is 1. The molecule has 144 valence electrons. The van der Waals surface area contributed by atoms with Crippen molar-refractivity contribution >= 4 is 22.4 Å². The summed E-state index contributed by atoms with van der Waals surface area (Å²) in [4.78, 5) is 6.86. The van der Waals surface area contributed by atoms with Gasteiger partial charge in [-0.1, -0.05) is 19.9 Å². The van der Waals surface area contributed by atoms with Crippen molar-refractivity contribution in [1.82, 2.24) is 24.8 Å². The van der Waals surface area contributed by atoms with Gasteiger partial charge in [0.1, 0.15) is 5.82 Å². The van der Waals surface area contributed by atoms with Crippen LogP contribution < -0.4 is 4.90 Å². The second-order valence-corrected chi connectivity index (χ2v) is 7.24. The summed E-state index contributed by atoms with van der Waals surface area (Å²) < 4.78 is 7.75. The molecule has 0 spiro atoms. The number of hydrogen-bond donors (Lipinski definition) is 1. The molecule has 28 heavy (non-hydrogen) atoms. The van der Waals surface area contributed by atoms with Gasteiger partial charge >= 0.3 is 0 Å². The standard InChI is InChI=1S/C21H24N6O/c1-3-15-13-26(9-10-28-15)21-8-7-20-22-12-19(27(20)25-21)14-5-6-18-16(11-14)17(4-2)23-24-18/h5-8,11-12,15H,3-4,9-10,13H2,1-2H3,(H,23,24). The minimum atomic E-state index is 0.268. The Balaban J connectivity index is 1.57. The van der Waals surface area contributed by atoms with E-state index in [1.54, 1.807) is 0 Å². The van der Waals surface area contributed by atoms with Crippen LogP contribution in [0.15, 0.2) is 36.5 Å². The van der Waals surface area contributed by atoms with Gasteiger partial charge in [-0.15, -0.1) is 5.10 Å². The van der Waals surface area contributed by atoms with Gasteiger partial charge in [-0.25, -0.2) is 9.50 Å². The smallest absolute Gasteiger partial charge is 0.154 e. The lowest BCUT2D eigenvalue weighted by Gasteiger charge is -2.33. The summed E-state index contributed by atoms with van der Waals surface area (Å²) in [5, 5.41) is 13.6. The molecule has 5 rings (SSSR count). The maximum atomic E-state index is 5.80. The number of aryl methyl sites for hydroxylation is 1. The number of hydrogen-bond acceptors (Lipinski definition) is 5. The molecule has 1 aliphatic heterocycles. The maximum Gasteiger partial charge on any atom is 0.154 e.